The van der Waals surface area contributed by atoms with Crippen molar-refractivity contribution >= 4 is 17.3 Å². The van der Waals surface area contributed by atoms with Crippen molar-refractivity contribution in [1.29, 1.82) is 0 Å². The molecule has 0 saturated carbocycles. The minimum absolute atomic E-state index is 0.368. The molecule has 0 amide bonds. The summed E-state index contributed by atoms with van der Waals surface area (Å²) < 4.78 is 0. The van der Waals surface area contributed by atoms with E-state index < -0.39 is 12.0 Å². The molecule has 5 heteroatoms. The van der Waals surface area contributed by atoms with Gasteiger partial charge in [-0.1, -0.05) is 13.8 Å². The Morgan fingerprint density at radius 1 is 1.47 bits per heavy atom. The lowest BCUT2D eigenvalue weighted by Crippen LogP contribution is -2.37. The zero-order valence-electron chi connectivity index (χ0n) is 10.8. The van der Waals surface area contributed by atoms with Crippen LogP contribution in [0.15, 0.2) is 0 Å². The summed E-state index contributed by atoms with van der Waals surface area (Å²) in [6.45, 7) is 8.56. The fourth-order valence-electron chi connectivity index (χ4n) is 1.70. The number of aryl methyl sites for hydroxylation is 2. The van der Waals surface area contributed by atoms with Crippen LogP contribution < -0.4 is 5.32 Å². The molecule has 0 saturated heterocycles. The molecule has 0 unspecified atom stereocenters. The third-order valence-corrected chi connectivity index (χ3v) is 3.59. The number of nitrogens with zero attached hydrogens (tertiary/aromatic N) is 1. The molecule has 1 aromatic heterocycles. The summed E-state index contributed by atoms with van der Waals surface area (Å²) in [7, 11) is 0. The van der Waals surface area contributed by atoms with Gasteiger partial charge in [0.25, 0.3) is 0 Å². The molecule has 0 spiro atoms. The summed E-state index contributed by atoms with van der Waals surface area (Å²) in [5.41, 5.74) is 0.994. The summed E-state index contributed by atoms with van der Waals surface area (Å²) in [6, 6.07) is -0.475. The predicted octanol–water partition coefficient (Wildman–Crippen LogP) is 2.35. The van der Waals surface area contributed by atoms with Crippen LogP contribution in [0.2, 0.25) is 0 Å². The van der Waals surface area contributed by atoms with E-state index in [0.717, 1.165) is 15.6 Å². The van der Waals surface area contributed by atoms with E-state index in [1.165, 1.54) is 0 Å². The maximum absolute atomic E-state index is 11.1. The lowest BCUT2D eigenvalue weighted by atomic mass is 10.0. The van der Waals surface area contributed by atoms with E-state index in [9.17, 15) is 4.79 Å². The molecule has 1 heterocycles. The molecule has 1 aromatic rings. The zero-order chi connectivity index (χ0) is 13.0. The number of carboxylic acid groups (broad SMARTS) is 1. The van der Waals surface area contributed by atoms with Gasteiger partial charge in [-0.05, 0) is 26.2 Å². The Balaban J connectivity index is 2.57. The number of carbonyl (C=O) groups is 1. The van der Waals surface area contributed by atoms with E-state index in [2.05, 4.69) is 10.3 Å². The quantitative estimate of drug-likeness (QED) is 0.820. The monoisotopic (exact) mass is 256 g/mol. The van der Waals surface area contributed by atoms with Crippen LogP contribution in [0.3, 0.4) is 0 Å². The first-order valence-electron chi connectivity index (χ1n) is 5.79. The number of thiazole rings is 1. The Bertz CT molecular complexity index is 388. The van der Waals surface area contributed by atoms with Crippen molar-refractivity contribution in [2.45, 2.75) is 46.7 Å². The largest absolute Gasteiger partial charge is 0.480 e. The van der Waals surface area contributed by atoms with Crippen LogP contribution in [-0.2, 0) is 11.3 Å². The predicted molar refractivity (Wildman–Crippen MR) is 69.3 cm³/mol. The maximum Gasteiger partial charge on any atom is 0.320 e. The minimum Gasteiger partial charge on any atom is -0.480 e. The highest BCUT2D eigenvalue weighted by atomic mass is 32.1. The van der Waals surface area contributed by atoms with E-state index >= 15 is 0 Å². The highest BCUT2D eigenvalue weighted by molar-refractivity contribution is 7.11. The van der Waals surface area contributed by atoms with Crippen molar-refractivity contribution in [3.05, 3.63) is 15.6 Å². The lowest BCUT2D eigenvalue weighted by Gasteiger charge is -2.15. The Morgan fingerprint density at radius 2 is 2.12 bits per heavy atom. The zero-order valence-corrected chi connectivity index (χ0v) is 11.6. The van der Waals surface area contributed by atoms with Crippen molar-refractivity contribution in [3.63, 3.8) is 0 Å². The van der Waals surface area contributed by atoms with Gasteiger partial charge in [-0.2, -0.15) is 0 Å². The van der Waals surface area contributed by atoms with Gasteiger partial charge in [0.2, 0.25) is 0 Å². The van der Waals surface area contributed by atoms with Crippen LogP contribution >= 0.6 is 11.3 Å². The van der Waals surface area contributed by atoms with Crippen LogP contribution in [-0.4, -0.2) is 22.1 Å². The molecule has 96 valence electrons. The Hall–Kier alpha value is -0.940. The minimum atomic E-state index is -0.780. The number of hydrogen-bond donors (Lipinski definition) is 2. The SMILES string of the molecule is Cc1nc(C)c(CN[C@@H](CC(C)C)C(=O)O)s1. The molecule has 0 fully saturated rings. The molecule has 0 aliphatic rings. The molecule has 0 aliphatic heterocycles. The highest BCUT2D eigenvalue weighted by Crippen LogP contribution is 2.17. The molecule has 2 N–H and O–H groups in total. The fourth-order valence-corrected chi connectivity index (χ4v) is 2.58. The van der Waals surface area contributed by atoms with Crippen LogP contribution in [0.25, 0.3) is 0 Å². The number of carboxylic acids is 1. The summed E-state index contributed by atoms with van der Waals surface area (Å²) in [5, 5.41) is 13.2. The summed E-state index contributed by atoms with van der Waals surface area (Å²) >= 11 is 1.62. The van der Waals surface area contributed by atoms with Crippen LogP contribution in [0, 0.1) is 19.8 Å². The first-order chi connectivity index (χ1) is 7.90. The van der Waals surface area contributed by atoms with Gasteiger partial charge in [0.05, 0.1) is 10.7 Å². The van der Waals surface area contributed by atoms with Gasteiger partial charge in [-0.3, -0.25) is 10.1 Å². The van der Waals surface area contributed by atoms with E-state index in [4.69, 9.17) is 5.11 Å². The van der Waals surface area contributed by atoms with Crippen molar-refractivity contribution in [3.8, 4) is 0 Å². The van der Waals surface area contributed by atoms with Crippen molar-refractivity contribution in [1.82, 2.24) is 10.3 Å². The van der Waals surface area contributed by atoms with Gasteiger partial charge >= 0.3 is 5.97 Å². The van der Waals surface area contributed by atoms with Crippen LogP contribution in [0.4, 0.5) is 0 Å². The summed E-state index contributed by atoms with van der Waals surface area (Å²) in [5.74, 6) is -0.412. The number of aliphatic carboxylic acids is 1. The number of nitrogens with one attached hydrogen (secondary N) is 1. The molecular weight excluding hydrogens is 236 g/mol. The Kier molecular flexibility index (Phi) is 5.08. The topological polar surface area (TPSA) is 62.2 Å². The average molecular weight is 256 g/mol. The second-order valence-corrected chi connectivity index (χ2v) is 5.93. The number of hydrogen-bond acceptors (Lipinski definition) is 4. The third kappa shape index (κ3) is 4.44. The first kappa shape index (κ1) is 14.1. The number of aromatic nitrogens is 1. The van der Waals surface area contributed by atoms with E-state index in [1.54, 1.807) is 11.3 Å². The Labute approximate surface area is 106 Å². The maximum atomic E-state index is 11.1. The van der Waals surface area contributed by atoms with Crippen LogP contribution in [0.5, 0.6) is 0 Å². The van der Waals surface area contributed by atoms with E-state index in [-0.39, 0.29) is 0 Å². The van der Waals surface area contributed by atoms with E-state index in [1.807, 2.05) is 27.7 Å². The van der Waals surface area contributed by atoms with Crippen molar-refractivity contribution in [2.24, 2.45) is 5.92 Å². The van der Waals surface area contributed by atoms with Gasteiger partial charge in [-0.15, -0.1) is 11.3 Å². The Morgan fingerprint density at radius 3 is 2.53 bits per heavy atom. The summed E-state index contributed by atoms with van der Waals surface area (Å²) in [4.78, 5) is 16.5. The van der Waals surface area contributed by atoms with Gasteiger partial charge in [0.15, 0.2) is 0 Å². The molecule has 1 atom stereocenters. The average Bonchev–Trinajstić information content (AvgIpc) is 2.51. The molecule has 1 rings (SSSR count). The van der Waals surface area contributed by atoms with Gasteiger partial charge < -0.3 is 5.11 Å². The first-order valence-corrected chi connectivity index (χ1v) is 6.61. The van der Waals surface area contributed by atoms with E-state index in [0.29, 0.717) is 18.9 Å². The molecule has 0 radical (unpaired) electrons. The number of rotatable bonds is 6. The molecule has 4 nitrogen and oxygen atoms in total. The van der Waals surface area contributed by atoms with Gasteiger partial charge in [0.1, 0.15) is 6.04 Å². The molecule has 0 aliphatic carbocycles. The fraction of sp³-hybridized carbons (Fsp3) is 0.667. The second kappa shape index (κ2) is 6.12. The van der Waals surface area contributed by atoms with Gasteiger partial charge in [0, 0.05) is 11.4 Å². The highest BCUT2D eigenvalue weighted by Gasteiger charge is 2.18. The standard InChI is InChI=1S/C12H20N2O2S/c1-7(2)5-10(12(15)16)13-6-11-8(3)14-9(4)17-11/h7,10,13H,5-6H2,1-4H3,(H,15,16)/t10-/m0/s1. The van der Waals surface area contributed by atoms with Crippen molar-refractivity contribution < 1.29 is 9.90 Å². The molecule has 17 heavy (non-hydrogen) atoms. The van der Waals surface area contributed by atoms with Crippen LogP contribution in [0.1, 0.15) is 35.8 Å². The lowest BCUT2D eigenvalue weighted by molar-refractivity contribution is -0.140. The smallest absolute Gasteiger partial charge is 0.320 e. The second-order valence-electron chi connectivity index (χ2n) is 4.64. The molecular formula is C12H20N2O2S. The normalized spacial score (nSPS) is 13.0. The molecule has 0 aromatic carbocycles. The van der Waals surface area contributed by atoms with Crippen molar-refractivity contribution in [2.75, 3.05) is 0 Å². The third-order valence-electron chi connectivity index (χ3n) is 2.51. The van der Waals surface area contributed by atoms with Gasteiger partial charge in [-0.25, -0.2) is 4.98 Å². The summed E-state index contributed by atoms with van der Waals surface area (Å²) in [6.07, 6.45) is 0.645. The molecule has 0 bridgehead atoms.